The fourth-order valence-electron chi connectivity index (χ4n) is 10.1. The third kappa shape index (κ3) is 7.43. The maximum Gasteiger partial charge on any atom is 0.0467 e. The predicted molar refractivity (Wildman–Crippen MR) is 286 cm³/mol. The van der Waals surface area contributed by atoms with Gasteiger partial charge in [0.05, 0.1) is 0 Å². The van der Waals surface area contributed by atoms with Crippen molar-refractivity contribution in [1.29, 1.82) is 0 Å². The van der Waals surface area contributed by atoms with Crippen LogP contribution in [0.5, 0.6) is 0 Å². The van der Waals surface area contributed by atoms with Crippen LogP contribution in [0.25, 0.3) is 99.1 Å². The van der Waals surface area contributed by atoms with Crippen LogP contribution in [0.1, 0.15) is 0 Å². The van der Waals surface area contributed by atoms with Gasteiger partial charge in [0.1, 0.15) is 0 Å². The van der Waals surface area contributed by atoms with Crippen LogP contribution in [-0.2, 0) is 0 Å². The highest BCUT2D eigenvalue weighted by Gasteiger charge is 2.20. The van der Waals surface area contributed by atoms with Crippen LogP contribution in [-0.4, -0.2) is 0 Å². The second-order valence-electron chi connectivity index (χ2n) is 17.2. The fraction of sp³-hybridized carbons (Fsp3) is 0. The summed E-state index contributed by atoms with van der Waals surface area (Å²) in [5.74, 6) is 0. The summed E-state index contributed by atoms with van der Waals surface area (Å²) < 4.78 is 0. The van der Waals surface area contributed by atoms with E-state index < -0.39 is 0 Å². The van der Waals surface area contributed by atoms with E-state index in [-0.39, 0.29) is 0 Å². The van der Waals surface area contributed by atoms with Crippen LogP contribution in [0.2, 0.25) is 0 Å². The molecule has 12 rings (SSSR count). The Morgan fingerprint density at radius 1 is 0.194 bits per heavy atom. The van der Waals surface area contributed by atoms with Gasteiger partial charge in [0.15, 0.2) is 0 Å². The number of hydrogen-bond donors (Lipinski definition) is 0. The average molecular weight is 852 g/mol. The van der Waals surface area contributed by atoms with Crippen molar-refractivity contribution in [2.45, 2.75) is 0 Å². The zero-order valence-corrected chi connectivity index (χ0v) is 36.9. The van der Waals surface area contributed by atoms with E-state index in [0.717, 1.165) is 17.1 Å². The number of hydrogen-bond acceptors (Lipinski definition) is 1. The van der Waals surface area contributed by atoms with Crippen molar-refractivity contribution in [2.75, 3.05) is 4.90 Å². The van der Waals surface area contributed by atoms with Gasteiger partial charge in [-0.25, -0.2) is 0 Å². The lowest BCUT2D eigenvalue weighted by molar-refractivity contribution is 1.28. The monoisotopic (exact) mass is 851 g/mol. The van der Waals surface area contributed by atoms with Crippen LogP contribution in [0, 0.1) is 0 Å². The Balaban J connectivity index is 0.983. The second kappa shape index (κ2) is 17.3. The highest BCUT2D eigenvalue weighted by Crippen LogP contribution is 2.47. The van der Waals surface area contributed by atoms with Gasteiger partial charge in [-0.2, -0.15) is 0 Å². The Kier molecular flexibility index (Phi) is 10.3. The molecule has 0 spiro atoms. The van der Waals surface area contributed by atoms with Crippen LogP contribution < -0.4 is 4.90 Å². The van der Waals surface area contributed by atoms with Gasteiger partial charge in [0, 0.05) is 17.1 Å². The molecule has 12 aromatic carbocycles. The molecular weight excluding hydrogens is 807 g/mol. The van der Waals surface area contributed by atoms with E-state index in [1.165, 1.54) is 99.1 Å². The van der Waals surface area contributed by atoms with Crippen LogP contribution in [0.15, 0.2) is 273 Å². The van der Waals surface area contributed by atoms with Crippen molar-refractivity contribution in [2.24, 2.45) is 0 Å². The van der Waals surface area contributed by atoms with E-state index in [9.17, 15) is 0 Å². The lowest BCUT2D eigenvalue weighted by Crippen LogP contribution is -2.10. The van der Waals surface area contributed by atoms with E-state index in [4.69, 9.17) is 0 Å². The molecule has 0 bridgehead atoms. The minimum Gasteiger partial charge on any atom is -0.310 e. The van der Waals surface area contributed by atoms with Crippen molar-refractivity contribution < 1.29 is 0 Å². The summed E-state index contributed by atoms with van der Waals surface area (Å²) in [6.07, 6.45) is 0. The lowest BCUT2D eigenvalue weighted by Gasteiger charge is -2.27. The molecule has 0 saturated carbocycles. The quantitative estimate of drug-likeness (QED) is 0.131. The normalized spacial score (nSPS) is 11.3. The molecule has 0 saturated heterocycles. The summed E-state index contributed by atoms with van der Waals surface area (Å²) in [5, 5.41) is 7.52. The van der Waals surface area contributed by atoms with E-state index >= 15 is 0 Å². The second-order valence-corrected chi connectivity index (χ2v) is 17.2. The summed E-state index contributed by atoms with van der Waals surface area (Å²) >= 11 is 0. The van der Waals surface area contributed by atoms with Gasteiger partial charge < -0.3 is 4.90 Å². The number of nitrogens with zero attached hydrogens (tertiary/aromatic N) is 1. The Hall–Kier alpha value is -8.78. The Bertz CT molecular complexity index is 3700. The predicted octanol–water partition coefficient (Wildman–Crippen LogP) is 18.6. The Labute approximate surface area is 392 Å². The number of anilines is 3. The van der Waals surface area contributed by atoms with Gasteiger partial charge in [0.25, 0.3) is 0 Å². The van der Waals surface area contributed by atoms with E-state index in [0.29, 0.717) is 0 Å². The van der Waals surface area contributed by atoms with Crippen molar-refractivity contribution >= 4 is 49.4 Å². The molecule has 0 unspecified atom stereocenters. The lowest BCUT2D eigenvalue weighted by atomic mass is 9.85. The zero-order chi connectivity index (χ0) is 44.5. The first-order chi connectivity index (χ1) is 33.2. The molecule has 0 atom stereocenters. The van der Waals surface area contributed by atoms with Gasteiger partial charge in [0.2, 0.25) is 0 Å². The Morgan fingerprint density at radius 2 is 0.567 bits per heavy atom. The van der Waals surface area contributed by atoms with E-state index in [1.54, 1.807) is 0 Å². The van der Waals surface area contributed by atoms with Crippen molar-refractivity contribution in [1.82, 2.24) is 0 Å². The number of rotatable bonds is 9. The number of fused-ring (bicyclic) bond motifs is 4. The Morgan fingerprint density at radius 3 is 1.18 bits per heavy atom. The highest BCUT2D eigenvalue weighted by molar-refractivity contribution is 6.21. The molecule has 1 nitrogen and oxygen atoms in total. The highest BCUT2D eigenvalue weighted by atomic mass is 15.1. The molecule has 0 aliphatic heterocycles. The summed E-state index contributed by atoms with van der Waals surface area (Å²) in [6.45, 7) is 0. The molecule has 314 valence electrons. The minimum atomic E-state index is 1.08. The van der Waals surface area contributed by atoms with Crippen molar-refractivity contribution in [3.63, 3.8) is 0 Å². The van der Waals surface area contributed by atoms with Gasteiger partial charge in [-0.1, -0.05) is 237 Å². The molecule has 0 aromatic heterocycles. The largest absolute Gasteiger partial charge is 0.310 e. The first-order valence-corrected chi connectivity index (χ1v) is 23.1. The molecule has 0 aliphatic carbocycles. The van der Waals surface area contributed by atoms with E-state index in [2.05, 4.69) is 278 Å². The van der Waals surface area contributed by atoms with Crippen LogP contribution in [0.3, 0.4) is 0 Å². The average Bonchev–Trinajstić information content (AvgIpc) is 3.41. The maximum atomic E-state index is 2.40. The van der Waals surface area contributed by atoms with Crippen LogP contribution >= 0.6 is 0 Å². The maximum absolute atomic E-state index is 2.40. The van der Waals surface area contributed by atoms with Crippen molar-refractivity contribution in [3.05, 3.63) is 273 Å². The molecule has 0 radical (unpaired) electrons. The molecular formula is C66H45N. The molecule has 0 fully saturated rings. The summed E-state index contributed by atoms with van der Waals surface area (Å²) in [7, 11) is 0. The number of benzene rings is 12. The van der Waals surface area contributed by atoms with E-state index in [1.807, 2.05) is 0 Å². The first-order valence-electron chi connectivity index (χ1n) is 23.1. The third-order valence-corrected chi connectivity index (χ3v) is 13.3. The molecule has 0 N–H and O–H groups in total. The topological polar surface area (TPSA) is 3.24 Å². The minimum absolute atomic E-state index is 1.08. The summed E-state index contributed by atoms with van der Waals surface area (Å²) in [4.78, 5) is 2.40. The van der Waals surface area contributed by atoms with Gasteiger partial charge in [-0.05, 0) is 135 Å². The smallest absolute Gasteiger partial charge is 0.0467 e. The van der Waals surface area contributed by atoms with Crippen molar-refractivity contribution in [3.8, 4) is 66.8 Å². The van der Waals surface area contributed by atoms with Gasteiger partial charge >= 0.3 is 0 Å². The molecule has 0 aliphatic rings. The summed E-state index contributed by atoms with van der Waals surface area (Å²) in [6, 6.07) is 99.4. The summed E-state index contributed by atoms with van der Waals surface area (Å²) in [5.41, 5.74) is 17.7. The first kappa shape index (κ1) is 39.8. The third-order valence-electron chi connectivity index (χ3n) is 13.3. The van der Waals surface area contributed by atoms with Gasteiger partial charge in [-0.3, -0.25) is 0 Å². The standard InChI is InChI=1S/C66H45N/c1-3-17-48(18-4-1)57-26-9-10-27-59(57)51-39-43-55(44-40-51)67(54-41-37-47(38-42-54)46-33-35-50(36-34-46)60-32-16-22-49-19-7-8-25-58(49)60)56-24-15-23-53(45-56)66-64-31-14-12-29-62(64)61-28-11-13-30-63(61)65(66)52-20-5-2-6-21-52/h1-45H. The zero-order valence-electron chi connectivity index (χ0n) is 36.9. The SMILES string of the molecule is c1ccc(-c2ccccc2-c2ccc(N(c3ccc(-c4ccc(-c5cccc6ccccc56)cc4)cc3)c3cccc(-c4c(-c5ccccc5)c5ccccc5c5ccccc45)c3)cc2)cc1. The fourth-order valence-corrected chi connectivity index (χ4v) is 10.1. The molecule has 0 amide bonds. The van der Waals surface area contributed by atoms with Crippen LogP contribution in [0.4, 0.5) is 17.1 Å². The molecule has 1 heteroatoms. The molecule has 0 heterocycles. The molecule has 12 aromatic rings. The molecule has 67 heavy (non-hydrogen) atoms. The van der Waals surface area contributed by atoms with Gasteiger partial charge in [-0.15, -0.1) is 0 Å².